The minimum Gasteiger partial charge on any atom is -0.544 e. The van der Waals surface area contributed by atoms with Crippen molar-refractivity contribution in [3.05, 3.63) is 51.3 Å². The Morgan fingerprint density at radius 2 is 1.83 bits per heavy atom. The first-order valence-corrected chi connectivity index (χ1v) is 12.2. The summed E-state index contributed by atoms with van der Waals surface area (Å²) in [6, 6.07) is 12.5. The van der Waals surface area contributed by atoms with Crippen LogP contribution in [0.2, 0.25) is 19.1 Å². The van der Waals surface area contributed by atoms with Crippen molar-refractivity contribution in [2.75, 3.05) is 0 Å². The van der Waals surface area contributed by atoms with E-state index in [0.29, 0.717) is 11.0 Å². The molecular formula is C19H21BrO3Si. The van der Waals surface area contributed by atoms with Crippen LogP contribution in [0.1, 0.15) is 19.8 Å². The first-order valence-electron chi connectivity index (χ1n) is 8.25. The van der Waals surface area contributed by atoms with E-state index in [1.54, 1.807) is 6.07 Å². The van der Waals surface area contributed by atoms with Gasteiger partial charge in [-0.2, -0.15) is 0 Å². The van der Waals surface area contributed by atoms with Crippen molar-refractivity contribution in [3.63, 3.8) is 0 Å². The smallest absolute Gasteiger partial charge is 0.344 e. The van der Waals surface area contributed by atoms with E-state index in [4.69, 9.17) is 8.84 Å². The summed E-state index contributed by atoms with van der Waals surface area (Å²) in [5, 5.41) is 2.41. The van der Waals surface area contributed by atoms with Crippen molar-refractivity contribution in [2.24, 2.45) is 0 Å². The second kappa shape index (κ2) is 6.73. The standard InChI is InChI=1S/C19H21BrO3Si/c1-4-5-10-24(2,3)23-14-7-9-15-17-11-13(20)6-8-16(17)19(21)22-18(15)12-14/h6-9,11-12H,4-5,10H2,1-3H3. The fourth-order valence-corrected chi connectivity index (χ4v) is 5.35. The Morgan fingerprint density at radius 1 is 1.08 bits per heavy atom. The zero-order valence-electron chi connectivity index (χ0n) is 14.2. The van der Waals surface area contributed by atoms with E-state index in [1.807, 2.05) is 30.3 Å². The van der Waals surface area contributed by atoms with Gasteiger partial charge in [-0.05, 0) is 49.5 Å². The minimum absolute atomic E-state index is 0.315. The fraction of sp³-hybridized carbons (Fsp3) is 0.316. The molecule has 0 unspecified atom stereocenters. The molecule has 126 valence electrons. The van der Waals surface area contributed by atoms with E-state index >= 15 is 0 Å². The molecule has 0 saturated carbocycles. The SMILES string of the molecule is CCCC[Si](C)(C)Oc1ccc2c(c1)oc(=O)c1ccc(Br)cc12. The van der Waals surface area contributed by atoms with Crippen molar-refractivity contribution >= 4 is 46.0 Å². The molecule has 0 fully saturated rings. The highest BCUT2D eigenvalue weighted by molar-refractivity contribution is 9.10. The highest BCUT2D eigenvalue weighted by atomic mass is 79.9. The van der Waals surface area contributed by atoms with Gasteiger partial charge in [0.15, 0.2) is 0 Å². The molecule has 0 aliphatic carbocycles. The summed E-state index contributed by atoms with van der Waals surface area (Å²) in [6.07, 6.45) is 2.35. The second-order valence-electron chi connectivity index (χ2n) is 6.70. The monoisotopic (exact) mass is 404 g/mol. The number of hydrogen-bond donors (Lipinski definition) is 0. The maximum atomic E-state index is 12.2. The van der Waals surface area contributed by atoms with Crippen molar-refractivity contribution in [1.29, 1.82) is 0 Å². The molecule has 0 bridgehead atoms. The molecule has 0 N–H and O–H groups in total. The number of halogens is 1. The van der Waals surface area contributed by atoms with Gasteiger partial charge >= 0.3 is 5.63 Å². The van der Waals surface area contributed by atoms with Crippen LogP contribution in [0, 0.1) is 0 Å². The van der Waals surface area contributed by atoms with Crippen LogP contribution in [0.4, 0.5) is 0 Å². The summed E-state index contributed by atoms with van der Waals surface area (Å²) in [7, 11) is -1.76. The van der Waals surface area contributed by atoms with E-state index in [9.17, 15) is 4.79 Å². The third kappa shape index (κ3) is 3.57. The lowest BCUT2D eigenvalue weighted by atomic mass is 10.1. The fourth-order valence-electron chi connectivity index (χ4n) is 2.92. The second-order valence-corrected chi connectivity index (χ2v) is 11.8. The molecule has 0 radical (unpaired) electrons. The third-order valence-electron chi connectivity index (χ3n) is 4.17. The van der Waals surface area contributed by atoms with Gasteiger partial charge in [0, 0.05) is 21.3 Å². The number of hydrogen-bond acceptors (Lipinski definition) is 3. The van der Waals surface area contributed by atoms with E-state index in [0.717, 1.165) is 27.0 Å². The van der Waals surface area contributed by atoms with E-state index in [-0.39, 0.29) is 5.63 Å². The first kappa shape index (κ1) is 17.2. The average Bonchev–Trinajstić information content (AvgIpc) is 2.52. The predicted molar refractivity (Wildman–Crippen MR) is 106 cm³/mol. The Balaban J connectivity index is 2.06. The van der Waals surface area contributed by atoms with Crippen LogP contribution in [0.15, 0.2) is 50.1 Å². The molecule has 3 nitrogen and oxygen atoms in total. The summed E-state index contributed by atoms with van der Waals surface area (Å²) in [5.74, 6) is 0.785. The van der Waals surface area contributed by atoms with E-state index < -0.39 is 8.32 Å². The molecule has 3 rings (SSSR count). The predicted octanol–water partition coefficient (Wildman–Crippen LogP) is 6.09. The Bertz CT molecular complexity index is 946. The third-order valence-corrected chi connectivity index (χ3v) is 7.01. The van der Waals surface area contributed by atoms with Gasteiger partial charge in [0.05, 0.1) is 5.39 Å². The molecular weight excluding hydrogens is 384 g/mol. The summed E-state index contributed by atoms with van der Waals surface area (Å²) in [6.45, 7) is 6.64. The quantitative estimate of drug-likeness (QED) is 0.293. The van der Waals surface area contributed by atoms with Gasteiger partial charge in [-0.25, -0.2) is 4.79 Å². The molecule has 2 aromatic carbocycles. The van der Waals surface area contributed by atoms with Crippen molar-refractivity contribution in [2.45, 2.75) is 38.9 Å². The van der Waals surface area contributed by atoms with Crippen LogP contribution in [-0.4, -0.2) is 8.32 Å². The normalized spacial score (nSPS) is 12.0. The van der Waals surface area contributed by atoms with Gasteiger partial charge < -0.3 is 8.84 Å². The number of benzene rings is 2. The highest BCUT2D eigenvalue weighted by Gasteiger charge is 2.23. The molecule has 24 heavy (non-hydrogen) atoms. The topological polar surface area (TPSA) is 39.4 Å². The van der Waals surface area contributed by atoms with E-state index in [1.165, 1.54) is 12.8 Å². The van der Waals surface area contributed by atoms with Gasteiger partial charge in [-0.15, -0.1) is 0 Å². The van der Waals surface area contributed by atoms with Crippen molar-refractivity contribution in [3.8, 4) is 5.75 Å². The molecule has 0 aliphatic rings. The van der Waals surface area contributed by atoms with Crippen LogP contribution >= 0.6 is 15.9 Å². The van der Waals surface area contributed by atoms with Gasteiger partial charge in [-0.1, -0.05) is 35.7 Å². The molecule has 0 atom stereocenters. The maximum absolute atomic E-state index is 12.2. The largest absolute Gasteiger partial charge is 0.544 e. The molecule has 0 spiro atoms. The molecule has 5 heteroatoms. The molecule has 0 aliphatic heterocycles. The zero-order chi connectivity index (χ0) is 17.3. The van der Waals surface area contributed by atoms with Gasteiger partial charge in [0.1, 0.15) is 11.3 Å². The van der Waals surface area contributed by atoms with Crippen LogP contribution < -0.4 is 10.1 Å². The summed E-state index contributed by atoms with van der Waals surface area (Å²) in [5.41, 5.74) is 0.257. The Morgan fingerprint density at radius 3 is 2.58 bits per heavy atom. The summed E-state index contributed by atoms with van der Waals surface area (Å²) in [4.78, 5) is 12.2. The molecule has 1 heterocycles. The highest BCUT2D eigenvalue weighted by Crippen LogP contribution is 2.30. The van der Waals surface area contributed by atoms with Crippen LogP contribution in [-0.2, 0) is 0 Å². The number of unbranched alkanes of at least 4 members (excludes halogenated alkanes) is 1. The lowest BCUT2D eigenvalue weighted by Crippen LogP contribution is -2.33. The van der Waals surface area contributed by atoms with Crippen LogP contribution in [0.3, 0.4) is 0 Å². The Hall–Kier alpha value is -1.59. The molecule has 0 saturated heterocycles. The van der Waals surface area contributed by atoms with Gasteiger partial charge in [0.25, 0.3) is 0 Å². The van der Waals surface area contributed by atoms with E-state index in [2.05, 4.69) is 35.9 Å². The molecule has 3 aromatic rings. The summed E-state index contributed by atoms with van der Waals surface area (Å²) < 4.78 is 12.7. The number of fused-ring (bicyclic) bond motifs is 3. The van der Waals surface area contributed by atoms with Crippen molar-refractivity contribution < 1.29 is 8.84 Å². The Labute approximate surface area is 150 Å². The van der Waals surface area contributed by atoms with Gasteiger partial charge in [-0.3, -0.25) is 0 Å². The van der Waals surface area contributed by atoms with Crippen LogP contribution in [0.5, 0.6) is 5.75 Å². The maximum Gasteiger partial charge on any atom is 0.344 e. The van der Waals surface area contributed by atoms with Crippen molar-refractivity contribution in [1.82, 2.24) is 0 Å². The lowest BCUT2D eigenvalue weighted by Gasteiger charge is -2.24. The number of rotatable bonds is 5. The minimum atomic E-state index is -1.76. The zero-order valence-corrected chi connectivity index (χ0v) is 16.8. The van der Waals surface area contributed by atoms with Crippen LogP contribution in [0.25, 0.3) is 21.7 Å². The Kier molecular flexibility index (Phi) is 4.83. The average molecular weight is 405 g/mol. The summed E-state index contributed by atoms with van der Waals surface area (Å²) >= 11 is 3.47. The van der Waals surface area contributed by atoms with Gasteiger partial charge in [0.2, 0.25) is 8.32 Å². The lowest BCUT2D eigenvalue weighted by molar-refractivity contribution is 0.535. The molecule has 1 aromatic heterocycles. The first-order chi connectivity index (χ1) is 11.4. The molecule has 0 amide bonds.